The first-order chi connectivity index (χ1) is 12.5. The molecular formula is C19H29F2N3O2. The maximum Gasteiger partial charge on any atom is 0.387 e. The van der Waals surface area contributed by atoms with E-state index in [1.54, 1.807) is 19.2 Å². The van der Waals surface area contributed by atoms with Crippen LogP contribution in [0.2, 0.25) is 0 Å². The highest BCUT2D eigenvalue weighted by molar-refractivity contribution is 5.79. The summed E-state index contributed by atoms with van der Waals surface area (Å²) in [4.78, 5) is 4.22. The van der Waals surface area contributed by atoms with Crippen LogP contribution in [0.5, 0.6) is 5.75 Å². The average molecular weight is 369 g/mol. The summed E-state index contributed by atoms with van der Waals surface area (Å²) >= 11 is 0. The van der Waals surface area contributed by atoms with Gasteiger partial charge in [-0.1, -0.05) is 17.7 Å². The fourth-order valence-electron chi connectivity index (χ4n) is 2.85. The molecule has 0 aliphatic heterocycles. The summed E-state index contributed by atoms with van der Waals surface area (Å²) in [6, 6.07) is 5.16. The number of aliphatic imine (C=N–C) groups is 1. The highest BCUT2D eigenvalue weighted by Crippen LogP contribution is 2.48. The van der Waals surface area contributed by atoms with Crippen LogP contribution >= 0.6 is 0 Å². The summed E-state index contributed by atoms with van der Waals surface area (Å²) in [6.07, 6.45) is 3.41. The minimum Gasteiger partial charge on any atom is -0.434 e. The zero-order valence-corrected chi connectivity index (χ0v) is 15.8. The van der Waals surface area contributed by atoms with Crippen LogP contribution in [-0.2, 0) is 11.3 Å². The quantitative estimate of drug-likeness (QED) is 0.377. The van der Waals surface area contributed by atoms with Crippen molar-refractivity contribution in [2.24, 2.45) is 10.4 Å². The second-order valence-corrected chi connectivity index (χ2v) is 6.72. The largest absolute Gasteiger partial charge is 0.434 e. The Kier molecular flexibility index (Phi) is 7.63. The number of ether oxygens (including phenoxy) is 2. The SMILES string of the molecule is CCOCCC1(CNC(=NC)NCc2cc(C)ccc2OC(F)F)CC1. The van der Waals surface area contributed by atoms with E-state index < -0.39 is 6.61 Å². The van der Waals surface area contributed by atoms with Crippen LogP contribution in [0, 0.1) is 12.3 Å². The molecule has 1 aliphatic carbocycles. The number of nitrogens with one attached hydrogen (secondary N) is 2. The van der Waals surface area contributed by atoms with Gasteiger partial charge < -0.3 is 20.1 Å². The molecule has 0 amide bonds. The van der Waals surface area contributed by atoms with Crippen LogP contribution in [-0.4, -0.2) is 39.4 Å². The fraction of sp³-hybridized carbons (Fsp3) is 0.632. The monoisotopic (exact) mass is 369 g/mol. The van der Waals surface area contributed by atoms with Crippen LogP contribution in [0.4, 0.5) is 8.78 Å². The smallest absolute Gasteiger partial charge is 0.387 e. The fourth-order valence-corrected chi connectivity index (χ4v) is 2.85. The lowest BCUT2D eigenvalue weighted by Crippen LogP contribution is -2.40. The van der Waals surface area contributed by atoms with Crippen LogP contribution in [0.3, 0.4) is 0 Å². The number of nitrogens with zero attached hydrogens (tertiary/aromatic N) is 1. The van der Waals surface area contributed by atoms with Gasteiger partial charge in [-0.05, 0) is 44.6 Å². The summed E-state index contributed by atoms with van der Waals surface area (Å²) < 4.78 is 35.2. The Morgan fingerprint density at radius 2 is 2.08 bits per heavy atom. The third kappa shape index (κ3) is 6.44. The molecule has 0 unspecified atom stereocenters. The highest BCUT2D eigenvalue weighted by atomic mass is 19.3. The van der Waals surface area contributed by atoms with Gasteiger partial charge in [0, 0.05) is 38.9 Å². The van der Waals surface area contributed by atoms with Gasteiger partial charge in [0.1, 0.15) is 5.75 Å². The van der Waals surface area contributed by atoms with Crippen molar-refractivity contribution in [3.05, 3.63) is 29.3 Å². The normalized spacial score (nSPS) is 15.8. The third-order valence-electron chi connectivity index (χ3n) is 4.67. The van der Waals surface area contributed by atoms with Gasteiger partial charge in [0.2, 0.25) is 0 Å². The highest BCUT2D eigenvalue weighted by Gasteiger charge is 2.41. The van der Waals surface area contributed by atoms with Crippen molar-refractivity contribution < 1.29 is 18.3 Å². The number of hydrogen-bond acceptors (Lipinski definition) is 3. The second kappa shape index (κ2) is 9.71. The number of alkyl halides is 2. The first kappa shape index (κ1) is 20.4. The molecule has 146 valence electrons. The number of aryl methyl sites for hydroxylation is 1. The molecule has 26 heavy (non-hydrogen) atoms. The van der Waals surface area contributed by atoms with Crippen LogP contribution in [0.15, 0.2) is 23.2 Å². The molecule has 0 saturated heterocycles. The van der Waals surface area contributed by atoms with Crippen molar-refractivity contribution in [1.29, 1.82) is 0 Å². The van der Waals surface area contributed by atoms with Crippen molar-refractivity contribution in [1.82, 2.24) is 10.6 Å². The Bertz CT molecular complexity index is 604. The molecule has 0 aromatic heterocycles. The molecule has 5 nitrogen and oxygen atoms in total. The van der Waals surface area contributed by atoms with Gasteiger partial charge in [0.05, 0.1) is 0 Å². The van der Waals surface area contributed by atoms with Crippen molar-refractivity contribution in [2.75, 3.05) is 26.8 Å². The van der Waals surface area contributed by atoms with E-state index in [1.165, 1.54) is 12.8 Å². The number of hydrogen-bond donors (Lipinski definition) is 2. The molecule has 0 atom stereocenters. The number of rotatable bonds is 10. The molecule has 1 aromatic rings. The molecular weight excluding hydrogens is 340 g/mol. The minimum absolute atomic E-state index is 0.184. The Labute approximate surface area is 154 Å². The zero-order valence-electron chi connectivity index (χ0n) is 15.8. The zero-order chi connectivity index (χ0) is 19.0. The predicted octanol–water partition coefficient (Wildman–Crippen LogP) is 3.47. The van der Waals surface area contributed by atoms with Crippen molar-refractivity contribution >= 4 is 5.96 Å². The number of benzene rings is 1. The Hall–Kier alpha value is -1.89. The molecule has 7 heteroatoms. The van der Waals surface area contributed by atoms with Gasteiger partial charge in [0.15, 0.2) is 5.96 Å². The molecule has 1 aliphatic rings. The summed E-state index contributed by atoms with van der Waals surface area (Å²) in [6.45, 7) is 3.78. The first-order valence-electron chi connectivity index (χ1n) is 9.04. The Balaban J connectivity index is 1.86. The number of guanidine groups is 1. The Morgan fingerprint density at radius 1 is 1.31 bits per heavy atom. The minimum atomic E-state index is -2.84. The standard InChI is InChI=1S/C19H29F2N3O2/c1-4-25-10-9-19(7-8-19)13-24-18(22-3)23-12-15-11-14(2)5-6-16(15)26-17(20)21/h5-6,11,17H,4,7-10,12-13H2,1-3H3,(H2,22,23,24). The Morgan fingerprint density at radius 3 is 2.69 bits per heavy atom. The van der Waals surface area contributed by atoms with Crippen LogP contribution in [0.25, 0.3) is 0 Å². The summed E-state index contributed by atoms with van der Waals surface area (Å²) in [5.41, 5.74) is 1.95. The molecule has 0 heterocycles. The van der Waals surface area contributed by atoms with Crippen molar-refractivity contribution in [2.45, 2.75) is 46.3 Å². The average Bonchev–Trinajstić information content (AvgIpc) is 3.37. The van der Waals surface area contributed by atoms with Gasteiger partial charge in [-0.25, -0.2) is 0 Å². The molecule has 1 fully saturated rings. The molecule has 0 spiro atoms. The summed E-state index contributed by atoms with van der Waals surface area (Å²) in [5.74, 6) is 0.834. The van der Waals surface area contributed by atoms with Gasteiger partial charge >= 0.3 is 6.61 Å². The molecule has 1 aromatic carbocycles. The van der Waals surface area contributed by atoms with E-state index in [0.717, 1.165) is 31.7 Å². The van der Waals surface area contributed by atoms with Crippen LogP contribution in [0.1, 0.15) is 37.3 Å². The maximum absolute atomic E-state index is 12.6. The lowest BCUT2D eigenvalue weighted by Gasteiger charge is -2.19. The predicted molar refractivity (Wildman–Crippen MR) is 98.8 cm³/mol. The van der Waals surface area contributed by atoms with Gasteiger partial charge in [-0.3, -0.25) is 4.99 Å². The topological polar surface area (TPSA) is 54.9 Å². The molecule has 0 bridgehead atoms. The van der Waals surface area contributed by atoms with Gasteiger partial charge in [-0.2, -0.15) is 8.78 Å². The summed E-state index contributed by atoms with van der Waals surface area (Å²) in [5, 5.41) is 6.52. The van der Waals surface area contributed by atoms with Gasteiger partial charge in [0.25, 0.3) is 0 Å². The molecule has 1 saturated carbocycles. The third-order valence-corrected chi connectivity index (χ3v) is 4.67. The maximum atomic E-state index is 12.6. The van der Waals surface area contributed by atoms with E-state index in [-0.39, 0.29) is 5.75 Å². The van der Waals surface area contributed by atoms with E-state index in [2.05, 4.69) is 20.4 Å². The molecule has 2 N–H and O–H groups in total. The van der Waals surface area contributed by atoms with E-state index >= 15 is 0 Å². The second-order valence-electron chi connectivity index (χ2n) is 6.72. The molecule has 2 rings (SSSR count). The van der Waals surface area contributed by atoms with E-state index in [9.17, 15) is 8.78 Å². The van der Waals surface area contributed by atoms with E-state index in [4.69, 9.17) is 4.74 Å². The van der Waals surface area contributed by atoms with E-state index in [1.807, 2.05) is 19.9 Å². The first-order valence-corrected chi connectivity index (χ1v) is 9.04. The molecule has 0 radical (unpaired) electrons. The van der Waals surface area contributed by atoms with Crippen molar-refractivity contribution in [3.8, 4) is 5.75 Å². The van der Waals surface area contributed by atoms with E-state index in [0.29, 0.717) is 23.5 Å². The van der Waals surface area contributed by atoms with Gasteiger partial charge in [-0.15, -0.1) is 0 Å². The van der Waals surface area contributed by atoms with Crippen LogP contribution < -0.4 is 15.4 Å². The van der Waals surface area contributed by atoms with Crippen molar-refractivity contribution in [3.63, 3.8) is 0 Å². The number of halogens is 2. The lowest BCUT2D eigenvalue weighted by molar-refractivity contribution is -0.0504. The lowest BCUT2D eigenvalue weighted by atomic mass is 10.0. The summed E-state index contributed by atoms with van der Waals surface area (Å²) in [7, 11) is 1.70.